The van der Waals surface area contributed by atoms with Crippen molar-refractivity contribution in [2.24, 2.45) is 5.14 Å². The molecule has 1 aromatic heterocycles. The predicted molar refractivity (Wildman–Crippen MR) is 53.9 cm³/mol. The molecule has 0 atom stereocenters. The van der Waals surface area contributed by atoms with Crippen molar-refractivity contribution in [2.45, 2.75) is 17.4 Å². The van der Waals surface area contributed by atoms with Gasteiger partial charge < -0.3 is 14.9 Å². The Balaban J connectivity index is 3.78. The van der Waals surface area contributed by atoms with Crippen LogP contribution in [0.1, 0.15) is 5.56 Å². The van der Waals surface area contributed by atoms with Gasteiger partial charge in [0.25, 0.3) is 0 Å². The van der Waals surface area contributed by atoms with Gasteiger partial charge in [0.2, 0.25) is 10.0 Å². The average molecular weight is 355 g/mol. The van der Waals surface area contributed by atoms with Gasteiger partial charge in [-0.15, -0.1) is 13.2 Å². The number of nitrogens with zero attached hydrogens (tertiary/aromatic N) is 2. The Kier molecular flexibility index (Phi) is 4.26. The van der Waals surface area contributed by atoms with Crippen molar-refractivity contribution in [1.82, 2.24) is 4.98 Å². The van der Waals surface area contributed by atoms with Gasteiger partial charge in [0.15, 0.2) is 10.5 Å². The second-order valence-electron chi connectivity index (χ2n) is 3.51. The fraction of sp³-hybridized carbons (Fsp3) is 0.286. The van der Waals surface area contributed by atoms with E-state index in [9.17, 15) is 44.9 Å². The van der Waals surface area contributed by atoms with Crippen molar-refractivity contribution in [3.05, 3.63) is 21.7 Å². The zero-order valence-electron chi connectivity index (χ0n) is 9.77. The minimum atomic E-state index is -5.57. The summed E-state index contributed by atoms with van der Waals surface area (Å²) in [4.78, 5) is 9.29. The van der Waals surface area contributed by atoms with Crippen molar-refractivity contribution >= 4 is 15.8 Å². The molecule has 0 aromatic carbocycles. The molecule has 124 valence electrons. The Hall–Kier alpha value is -2.16. The van der Waals surface area contributed by atoms with Crippen LogP contribution in [0.3, 0.4) is 0 Å². The van der Waals surface area contributed by atoms with Crippen LogP contribution in [0.2, 0.25) is 0 Å². The number of sulfonamides is 1. The SMILES string of the molecule is NS(=O)(=O)c1cc(C(F)(F)F)c([N+](=O)[O-])nc1OC(F)(F)F. The van der Waals surface area contributed by atoms with E-state index >= 15 is 0 Å². The first-order valence-electron chi connectivity index (χ1n) is 4.68. The molecular formula is C7H3F6N3O5S. The number of nitrogens with two attached hydrogens (primary N) is 1. The molecular weight excluding hydrogens is 352 g/mol. The molecule has 0 bridgehead atoms. The smallest absolute Gasteiger partial charge is 0.365 e. The van der Waals surface area contributed by atoms with E-state index < -0.39 is 55.7 Å². The summed E-state index contributed by atoms with van der Waals surface area (Å²) in [7, 11) is -5.14. The van der Waals surface area contributed by atoms with E-state index in [0.29, 0.717) is 0 Å². The van der Waals surface area contributed by atoms with Gasteiger partial charge in [0.05, 0.1) is 0 Å². The van der Waals surface area contributed by atoms with Crippen molar-refractivity contribution < 1.29 is 44.4 Å². The number of primary sulfonamides is 1. The number of rotatable bonds is 3. The molecule has 0 radical (unpaired) electrons. The second kappa shape index (κ2) is 5.24. The fourth-order valence-corrected chi connectivity index (χ4v) is 1.82. The lowest BCUT2D eigenvalue weighted by Gasteiger charge is -2.11. The summed E-state index contributed by atoms with van der Waals surface area (Å²) < 4.78 is 99.3. The molecule has 0 spiro atoms. The first-order chi connectivity index (χ1) is 9.63. The van der Waals surface area contributed by atoms with Crippen molar-refractivity contribution in [3.8, 4) is 5.88 Å². The number of nitro groups is 1. The van der Waals surface area contributed by atoms with Crippen LogP contribution in [0, 0.1) is 10.1 Å². The summed E-state index contributed by atoms with van der Waals surface area (Å²) in [6, 6.07) is -0.457. The molecule has 0 aliphatic rings. The molecule has 0 amide bonds. The maximum atomic E-state index is 12.6. The number of halogens is 6. The second-order valence-corrected chi connectivity index (χ2v) is 5.04. The highest BCUT2D eigenvalue weighted by Crippen LogP contribution is 2.39. The summed E-state index contributed by atoms with van der Waals surface area (Å²) in [5.41, 5.74) is -2.20. The first-order valence-corrected chi connectivity index (χ1v) is 6.22. The maximum absolute atomic E-state index is 12.6. The largest absolute Gasteiger partial charge is 0.575 e. The van der Waals surface area contributed by atoms with Gasteiger partial charge in [-0.25, -0.2) is 13.6 Å². The van der Waals surface area contributed by atoms with E-state index in [-0.39, 0.29) is 0 Å². The third kappa shape index (κ3) is 4.17. The highest BCUT2D eigenvalue weighted by Gasteiger charge is 2.45. The molecule has 0 unspecified atom stereocenters. The van der Waals surface area contributed by atoms with Crippen LogP contribution in [0.15, 0.2) is 11.0 Å². The van der Waals surface area contributed by atoms with Crippen LogP contribution in [-0.4, -0.2) is 24.7 Å². The Labute approximate surface area is 116 Å². The van der Waals surface area contributed by atoms with Gasteiger partial charge in [-0.3, -0.25) is 0 Å². The van der Waals surface area contributed by atoms with Crippen LogP contribution in [0.5, 0.6) is 5.88 Å². The molecule has 22 heavy (non-hydrogen) atoms. The molecule has 0 saturated carbocycles. The molecule has 0 aliphatic heterocycles. The van der Waals surface area contributed by atoms with Crippen LogP contribution in [-0.2, 0) is 16.2 Å². The van der Waals surface area contributed by atoms with Gasteiger partial charge in [-0.1, -0.05) is 0 Å². The predicted octanol–water partition coefficient (Wildman–Crippen LogP) is 1.55. The maximum Gasteiger partial charge on any atom is 0.575 e. The van der Waals surface area contributed by atoms with Crippen LogP contribution < -0.4 is 9.88 Å². The van der Waals surface area contributed by atoms with Crippen molar-refractivity contribution in [3.63, 3.8) is 0 Å². The molecule has 1 aromatic rings. The van der Waals surface area contributed by atoms with E-state index in [4.69, 9.17) is 0 Å². The van der Waals surface area contributed by atoms with E-state index in [0.717, 1.165) is 0 Å². The Bertz CT molecular complexity index is 713. The van der Waals surface area contributed by atoms with Crippen LogP contribution in [0.25, 0.3) is 0 Å². The first kappa shape index (κ1) is 17.9. The molecule has 1 rings (SSSR count). The third-order valence-electron chi connectivity index (χ3n) is 1.93. The highest BCUT2D eigenvalue weighted by atomic mass is 32.2. The van der Waals surface area contributed by atoms with E-state index in [1.54, 1.807) is 0 Å². The molecule has 0 fully saturated rings. The number of pyridine rings is 1. The molecule has 2 N–H and O–H groups in total. The van der Waals surface area contributed by atoms with Gasteiger partial charge in [0.1, 0.15) is 0 Å². The lowest BCUT2D eigenvalue weighted by molar-refractivity contribution is -0.393. The topological polar surface area (TPSA) is 125 Å². The highest BCUT2D eigenvalue weighted by molar-refractivity contribution is 7.89. The van der Waals surface area contributed by atoms with Crippen molar-refractivity contribution in [2.75, 3.05) is 0 Å². The van der Waals surface area contributed by atoms with Gasteiger partial charge >= 0.3 is 24.2 Å². The number of hydrogen-bond donors (Lipinski definition) is 1. The summed E-state index contributed by atoms with van der Waals surface area (Å²) >= 11 is 0. The monoisotopic (exact) mass is 355 g/mol. The van der Waals surface area contributed by atoms with E-state index in [1.807, 2.05) is 0 Å². The summed E-state index contributed by atoms with van der Waals surface area (Å²) in [5, 5.41) is 14.9. The number of aromatic nitrogens is 1. The van der Waals surface area contributed by atoms with E-state index in [2.05, 4.69) is 14.9 Å². The molecule has 0 saturated heterocycles. The van der Waals surface area contributed by atoms with E-state index in [1.165, 1.54) is 0 Å². The minimum absolute atomic E-state index is 0.457. The average Bonchev–Trinajstić information content (AvgIpc) is 2.22. The number of alkyl halides is 6. The zero-order valence-corrected chi connectivity index (χ0v) is 10.6. The molecule has 8 nitrogen and oxygen atoms in total. The zero-order chi connectivity index (χ0) is 17.5. The minimum Gasteiger partial charge on any atom is -0.365 e. The molecule has 0 aliphatic carbocycles. The lowest BCUT2D eigenvalue weighted by Crippen LogP contribution is -2.23. The summed E-state index contributed by atoms with van der Waals surface area (Å²) in [6.45, 7) is 0. The summed E-state index contributed by atoms with van der Waals surface area (Å²) in [6.07, 6.45) is -11.0. The van der Waals surface area contributed by atoms with Gasteiger partial charge in [0, 0.05) is 4.98 Å². The Morgan fingerprint density at radius 2 is 1.73 bits per heavy atom. The van der Waals surface area contributed by atoms with Gasteiger partial charge in [-0.05, 0) is 11.0 Å². The summed E-state index contributed by atoms with van der Waals surface area (Å²) in [5.74, 6) is -4.06. The normalized spacial score (nSPS) is 13.0. The fourth-order valence-electron chi connectivity index (χ4n) is 1.20. The number of ether oxygens (including phenoxy) is 1. The van der Waals surface area contributed by atoms with Crippen molar-refractivity contribution in [1.29, 1.82) is 0 Å². The third-order valence-corrected chi connectivity index (χ3v) is 2.84. The Morgan fingerprint density at radius 3 is 2.05 bits per heavy atom. The molecule has 15 heteroatoms. The van der Waals surface area contributed by atoms with Crippen LogP contribution in [0.4, 0.5) is 32.2 Å². The standard InChI is InChI=1S/C7H3F6N3O5S/c8-6(9,10)2-1-3(22(14,19)20)5(21-7(11,12)13)15-4(2)16(17)18/h1H,(H2,14,19,20). The Morgan fingerprint density at radius 1 is 1.23 bits per heavy atom. The lowest BCUT2D eigenvalue weighted by atomic mass is 10.2. The number of hydrogen-bond acceptors (Lipinski definition) is 6. The quantitative estimate of drug-likeness (QED) is 0.498. The van der Waals surface area contributed by atoms with Crippen LogP contribution >= 0.6 is 0 Å². The van der Waals surface area contributed by atoms with Gasteiger partial charge in [-0.2, -0.15) is 13.2 Å². The molecule has 1 heterocycles.